The maximum atomic E-state index is 5.91. The molecule has 0 atom stereocenters. The van der Waals surface area contributed by atoms with Gasteiger partial charge in [-0.05, 0) is 12.8 Å². The van der Waals surface area contributed by atoms with Crippen LogP contribution >= 0.6 is 34.8 Å². The highest BCUT2D eigenvalue weighted by Crippen LogP contribution is 2.38. The third kappa shape index (κ3) is 4.60. The Morgan fingerprint density at radius 3 is 2.33 bits per heavy atom. The summed E-state index contributed by atoms with van der Waals surface area (Å²) < 4.78 is 0.405. The quantitative estimate of drug-likeness (QED) is 0.542. The number of halogens is 3. The fraction of sp³-hybridized carbons (Fsp3) is 0.833. The molecule has 3 nitrogen and oxygen atoms in total. The molecule has 18 heavy (non-hydrogen) atoms. The van der Waals surface area contributed by atoms with E-state index in [1.54, 1.807) is 0 Å². The summed E-state index contributed by atoms with van der Waals surface area (Å²) in [5, 5.41) is 8.13. The van der Waals surface area contributed by atoms with Gasteiger partial charge in [0.25, 0.3) is 0 Å². The molecule has 0 N–H and O–H groups in total. The Kier molecular flexibility index (Phi) is 6.75. The first-order chi connectivity index (χ1) is 8.50. The van der Waals surface area contributed by atoms with Crippen LogP contribution in [0.2, 0.25) is 0 Å². The van der Waals surface area contributed by atoms with Crippen molar-refractivity contribution in [3.8, 4) is 0 Å². The Balaban J connectivity index is 2.75. The Hall–Kier alpha value is 0.01000. The fourth-order valence-corrected chi connectivity index (χ4v) is 2.35. The molecule has 0 fully saturated rings. The van der Waals surface area contributed by atoms with Gasteiger partial charge in [-0.3, -0.25) is 0 Å². The molecule has 0 radical (unpaired) electrons. The Morgan fingerprint density at radius 2 is 1.78 bits per heavy atom. The molecule has 0 aromatic carbocycles. The highest BCUT2D eigenvalue weighted by Gasteiger charge is 2.31. The number of aryl methyl sites for hydroxylation is 1. The summed E-state index contributed by atoms with van der Waals surface area (Å²) in [6.45, 7) is 5.14. The van der Waals surface area contributed by atoms with Crippen LogP contribution in [0.4, 0.5) is 0 Å². The second kappa shape index (κ2) is 7.56. The van der Waals surface area contributed by atoms with Gasteiger partial charge in [0, 0.05) is 6.54 Å². The van der Waals surface area contributed by atoms with Crippen molar-refractivity contribution in [1.82, 2.24) is 15.0 Å². The number of nitrogens with zero attached hydrogens (tertiary/aromatic N) is 3. The topological polar surface area (TPSA) is 30.7 Å². The van der Waals surface area contributed by atoms with Gasteiger partial charge < -0.3 is 0 Å². The highest BCUT2D eigenvalue weighted by molar-refractivity contribution is 6.66. The van der Waals surface area contributed by atoms with Gasteiger partial charge in [0.05, 0.1) is 5.69 Å². The van der Waals surface area contributed by atoms with Gasteiger partial charge in [0.2, 0.25) is 3.79 Å². The molecule has 0 unspecified atom stereocenters. The Bertz CT molecular complexity index is 358. The molecule has 0 amide bonds. The van der Waals surface area contributed by atoms with E-state index in [4.69, 9.17) is 34.8 Å². The molecule has 0 aliphatic heterocycles. The van der Waals surface area contributed by atoms with E-state index in [2.05, 4.69) is 24.2 Å². The van der Waals surface area contributed by atoms with Crippen LogP contribution in [0, 0.1) is 0 Å². The summed E-state index contributed by atoms with van der Waals surface area (Å²) in [5.74, 6) is 0. The van der Waals surface area contributed by atoms with E-state index in [0.717, 1.165) is 31.5 Å². The van der Waals surface area contributed by atoms with Gasteiger partial charge >= 0.3 is 0 Å². The smallest absolute Gasteiger partial charge is 0.236 e. The van der Waals surface area contributed by atoms with E-state index < -0.39 is 3.79 Å². The van der Waals surface area contributed by atoms with Crippen LogP contribution in [0.5, 0.6) is 0 Å². The number of rotatable bonds is 7. The molecule has 6 heteroatoms. The summed E-state index contributed by atoms with van der Waals surface area (Å²) in [6, 6.07) is 0. The lowest BCUT2D eigenvalue weighted by molar-refractivity contribution is 0.510. The van der Waals surface area contributed by atoms with Crippen LogP contribution in [-0.4, -0.2) is 15.0 Å². The van der Waals surface area contributed by atoms with Gasteiger partial charge in [-0.2, -0.15) is 0 Å². The number of aromatic nitrogens is 3. The molecule has 0 aliphatic rings. The predicted molar refractivity (Wildman–Crippen MR) is 77.4 cm³/mol. The van der Waals surface area contributed by atoms with E-state index >= 15 is 0 Å². The SMILES string of the molecule is CCCCCCn1nnc(C(Cl)(Cl)Cl)c1CCC. The number of unbranched alkanes of at least 4 members (excludes halogenated alkanes) is 3. The summed E-state index contributed by atoms with van der Waals surface area (Å²) in [7, 11) is 0. The molecule has 1 heterocycles. The maximum absolute atomic E-state index is 5.91. The van der Waals surface area contributed by atoms with Crippen molar-refractivity contribution < 1.29 is 0 Å². The molecule has 1 aromatic rings. The average Bonchev–Trinajstić information content (AvgIpc) is 2.68. The molecular weight excluding hydrogens is 293 g/mol. The lowest BCUT2D eigenvalue weighted by Crippen LogP contribution is -2.10. The maximum Gasteiger partial charge on any atom is 0.236 e. The first kappa shape index (κ1) is 16.1. The van der Waals surface area contributed by atoms with Crippen LogP contribution in [0.1, 0.15) is 57.3 Å². The monoisotopic (exact) mass is 311 g/mol. The first-order valence-corrected chi connectivity index (χ1v) is 7.63. The highest BCUT2D eigenvalue weighted by atomic mass is 35.6. The minimum atomic E-state index is -1.48. The summed E-state index contributed by atoms with van der Waals surface area (Å²) in [4.78, 5) is 0. The van der Waals surface area contributed by atoms with E-state index in [1.807, 2.05) is 4.68 Å². The molecular formula is C12H20Cl3N3. The van der Waals surface area contributed by atoms with E-state index in [-0.39, 0.29) is 0 Å². The molecule has 0 saturated heterocycles. The Morgan fingerprint density at radius 1 is 1.06 bits per heavy atom. The van der Waals surface area contributed by atoms with Crippen molar-refractivity contribution in [2.45, 2.75) is 62.7 Å². The van der Waals surface area contributed by atoms with E-state index in [9.17, 15) is 0 Å². The lowest BCUT2D eigenvalue weighted by atomic mass is 10.2. The minimum Gasteiger partial charge on any atom is -0.249 e. The molecule has 1 rings (SSSR count). The predicted octanol–water partition coefficient (Wildman–Crippen LogP) is 4.64. The van der Waals surface area contributed by atoms with Gasteiger partial charge in [0.15, 0.2) is 0 Å². The summed E-state index contributed by atoms with van der Waals surface area (Å²) in [6.07, 6.45) is 6.58. The van der Waals surface area contributed by atoms with Crippen molar-refractivity contribution >= 4 is 34.8 Å². The van der Waals surface area contributed by atoms with Crippen molar-refractivity contribution in [1.29, 1.82) is 0 Å². The number of hydrogen-bond donors (Lipinski definition) is 0. The summed E-state index contributed by atoms with van der Waals surface area (Å²) >= 11 is 17.7. The van der Waals surface area contributed by atoms with Gasteiger partial charge in [-0.15, -0.1) is 5.10 Å². The molecule has 104 valence electrons. The zero-order valence-corrected chi connectivity index (χ0v) is 13.2. The second-order valence-corrected chi connectivity index (χ2v) is 6.70. The van der Waals surface area contributed by atoms with Crippen molar-refractivity contribution in [2.24, 2.45) is 0 Å². The zero-order chi connectivity index (χ0) is 13.6. The fourth-order valence-electron chi connectivity index (χ4n) is 1.91. The van der Waals surface area contributed by atoms with Crippen molar-refractivity contribution in [2.75, 3.05) is 0 Å². The standard InChI is InChI=1S/C12H20Cl3N3/c1-3-5-6-7-9-18-10(8-4-2)11(16-17-18)12(13,14)15/h3-9H2,1-2H3. The van der Waals surface area contributed by atoms with Crippen LogP contribution in [0.15, 0.2) is 0 Å². The number of hydrogen-bond acceptors (Lipinski definition) is 2. The van der Waals surface area contributed by atoms with Gasteiger partial charge in [0.1, 0.15) is 5.69 Å². The van der Waals surface area contributed by atoms with Crippen LogP contribution in [-0.2, 0) is 16.8 Å². The summed E-state index contributed by atoms with van der Waals surface area (Å²) in [5.41, 5.74) is 1.43. The number of alkyl halides is 3. The van der Waals surface area contributed by atoms with Gasteiger partial charge in [-0.1, -0.05) is 79.5 Å². The molecule has 1 aromatic heterocycles. The molecule has 0 spiro atoms. The Labute approximate surface area is 124 Å². The second-order valence-electron chi connectivity index (χ2n) is 4.42. The largest absolute Gasteiger partial charge is 0.249 e. The molecule has 0 saturated carbocycles. The van der Waals surface area contributed by atoms with Crippen molar-refractivity contribution in [3.05, 3.63) is 11.4 Å². The normalized spacial score (nSPS) is 12.1. The van der Waals surface area contributed by atoms with Crippen LogP contribution in [0.25, 0.3) is 0 Å². The van der Waals surface area contributed by atoms with Crippen LogP contribution in [0.3, 0.4) is 0 Å². The minimum absolute atomic E-state index is 0.477. The third-order valence-corrected chi connectivity index (χ3v) is 3.35. The molecule has 0 aliphatic carbocycles. The zero-order valence-electron chi connectivity index (χ0n) is 10.9. The molecule has 0 bridgehead atoms. The van der Waals surface area contributed by atoms with Gasteiger partial charge in [-0.25, -0.2) is 4.68 Å². The third-order valence-electron chi connectivity index (χ3n) is 2.82. The first-order valence-electron chi connectivity index (χ1n) is 6.50. The average molecular weight is 313 g/mol. The van der Waals surface area contributed by atoms with Crippen LogP contribution < -0.4 is 0 Å². The van der Waals surface area contributed by atoms with E-state index in [1.165, 1.54) is 19.3 Å². The van der Waals surface area contributed by atoms with Crippen molar-refractivity contribution in [3.63, 3.8) is 0 Å². The van der Waals surface area contributed by atoms with E-state index in [0.29, 0.717) is 5.69 Å². The lowest BCUT2D eigenvalue weighted by Gasteiger charge is -2.11.